The Kier molecular flexibility index (Phi) is 2.50. The summed E-state index contributed by atoms with van der Waals surface area (Å²) in [6, 6.07) is 3.47. The van der Waals surface area contributed by atoms with E-state index in [2.05, 4.69) is 9.97 Å². The summed E-state index contributed by atoms with van der Waals surface area (Å²) in [6.07, 6.45) is 0. The molecule has 0 bridgehead atoms. The predicted molar refractivity (Wildman–Crippen MR) is 60.3 cm³/mol. The van der Waals surface area contributed by atoms with E-state index < -0.39 is 5.95 Å². The van der Waals surface area contributed by atoms with Crippen molar-refractivity contribution in [2.45, 2.75) is 26.7 Å². The second-order valence-corrected chi connectivity index (χ2v) is 4.24. The van der Waals surface area contributed by atoms with Gasteiger partial charge in [-0.25, -0.2) is 0 Å². The largest absolute Gasteiger partial charge is 0.316 e. The van der Waals surface area contributed by atoms with Crippen LogP contribution >= 0.6 is 0 Å². The maximum atomic E-state index is 13.2. The molecule has 0 spiro atoms. The van der Waals surface area contributed by atoms with E-state index in [9.17, 15) is 9.18 Å². The fraction of sp³-hybridized carbons (Fsp3) is 0.333. The van der Waals surface area contributed by atoms with Crippen molar-refractivity contribution in [3.63, 3.8) is 0 Å². The van der Waals surface area contributed by atoms with Crippen LogP contribution in [0.15, 0.2) is 16.9 Å². The van der Waals surface area contributed by atoms with Gasteiger partial charge >= 0.3 is 0 Å². The molecule has 0 aromatic rings. The third kappa shape index (κ3) is 1.71. The molecule has 4 heteroatoms. The van der Waals surface area contributed by atoms with Gasteiger partial charge in [0, 0.05) is 16.7 Å². The van der Waals surface area contributed by atoms with Gasteiger partial charge in [-0.1, -0.05) is 13.8 Å². The number of aromatic amines is 1. The second-order valence-electron chi connectivity index (χ2n) is 4.24. The Balaban J connectivity index is 2.76. The monoisotopic (exact) mass is 220 g/mol. The molecule has 2 heterocycles. The van der Waals surface area contributed by atoms with E-state index >= 15 is 0 Å². The van der Waals surface area contributed by atoms with Crippen LogP contribution in [-0.2, 0) is 0 Å². The normalized spacial score (nSPS) is 11.3. The number of nitrogens with one attached hydrogen (secondary N) is 1. The van der Waals surface area contributed by atoms with Gasteiger partial charge in [0.15, 0.2) is 5.95 Å². The Hall–Kier alpha value is -1.71. The van der Waals surface area contributed by atoms with Crippen LogP contribution in [0.1, 0.15) is 30.9 Å². The quantitative estimate of drug-likeness (QED) is 0.750. The van der Waals surface area contributed by atoms with Crippen molar-refractivity contribution in [1.29, 1.82) is 0 Å². The van der Waals surface area contributed by atoms with Gasteiger partial charge in [-0.15, -0.1) is 0 Å². The van der Waals surface area contributed by atoms with Crippen molar-refractivity contribution >= 4 is 0 Å². The molecule has 0 aliphatic carbocycles. The third-order valence-electron chi connectivity index (χ3n) is 2.61. The Morgan fingerprint density at radius 3 is 2.69 bits per heavy atom. The van der Waals surface area contributed by atoms with Crippen molar-refractivity contribution < 1.29 is 4.39 Å². The summed E-state index contributed by atoms with van der Waals surface area (Å²) in [5, 5.41) is 0. The molecule has 16 heavy (non-hydrogen) atoms. The topological polar surface area (TPSA) is 45.8 Å². The summed E-state index contributed by atoms with van der Waals surface area (Å²) in [7, 11) is 0. The van der Waals surface area contributed by atoms with Crippen LogP contribution in [0, 0.1) is 12.9 Å². The highest BCUT2D eigenvalue weighted by molar-refractivity contribution is 5.58. The number of fused-ring (bicyclic) bond motifs is 1. The molecule has 0 amide bonds. The van der Waals surface area contributed by atoms with Crippen LogP contribution < -0.4 is 5.56 Å². The highest BCUT2D eigenvalue weighted by Gasteiger charge is 2.13. The highest BCUT2D eigenvalue weighted by Crippen LogP contribution is 2.21. The molecule has 1 N–H and O–H groups in total. The molecule has 2 aliphatic heterocycles. The number of hydrogen-bond donors (Lipinski definition) is 1. The minimum atomic E-state index is -0.448. The third-order valence-corrected chi connectivity index (χ3v) is 2.61. The maximum Gasteiger partial charge on any atom is 0.275 e. The maximum absolute atomic E-state index is 13.2. The van der Waals surface area contributed by atoms with Gasteiger partial charge < -0.3 is 4.98 Å². The van der Waals surface area contributed by atoms with Gasteiger partial charge in [0.25, 0.3) is 5.56 Å². The zero-order valence-corrected chi connectivity index (χ0v) is 9.47. The molecule has 2 aliphatic rings. The van der Waals surface area contributed by atoms with E-state index in [0.717, 1.165) is 5.56 Å². The Morgan fingerprint density at radius 2 is 2.06 bits per heavy atom. The summed E-state index contributed by atoms with van der Waals surface area (Å²) in [6.45, 7) is 5.54. The van der Waals surface area contributed by atoms with Gasteiger partial charge in [0.05, 0.1) is 0 Å². The van der Waals surface area contributed by atoms with E-state index in [4.69, 9.17) is 0 Å². The molecule has 0 atom stereocenters. The first-order chi connectivity index (χ1) is 7.49. The Morgan fingerprint density at radius 1 is 1.38 bits per heavy atom. The Labute approximate surface area is 92.7 Å². The fourth-order valence-corrected chi connectivity index (χ4v) is 1.65. The lowest BCUT2D eigenvalue weighted by Crippen LogP contribution is -2.16. The molecule has 0 fully saturated rings. The molecule has 0 aromatic heterocycles. The zero-order chi connectivity index (χ0) is 11.9. The van der Waals surface area contributed by atoms with Crippen LogP contribution in [0.3, 0.4) is 0 Å². The molecule has 0 radical (unpaired) electrons. The van der Waals surface area contributed by atoms with Gasteiger partial charge in [-0.3, -0.25) is 4.79 Å². The molecule has 84 valence electrons. The van der Waals surface area contributed by atoms with E-state index in [-0.39, 0.29) is 11.5 Å². The predicted octanol–water partition coefficient (Wildman–Crippen LogP) is 2.45. The average molecular weight is 220 g/mol. The van der Waals surface area contributed by atoms with Gasteiger partial charge in [-0.05, 0) is 25.0 Å². The van der Waals surface area contributed by atoms with E-state index in [0.29, 0.717) is 17.0 Å². The molecular formula is C12H13FN2O. The van der Waals surface area contributed by atoms with Crippen LogP contribution in [0.25, 0.3) is 11.4 Å². The van der Waals surface area contributed by atoms with Gasteiger partial charge in [-0.2, -0.15) is 9.37 Å². The van der Waals surface area contributed by atoms with Crippen LogP contribution in [-0.4, -0.2) is 9.97 Å². The highest BCUT2D eigenvalue weighted by atomic mass is 19.1. The number of H-pyrrole nitrogens is 1. The minimum Gasteiger partial charge on any atom is -0.316 e. The second kappa shape index (κ2) is 3.70. The molecule has 2 rings (SSSR count). The first-order valence-electron chi connectivity index (χ1n) is 5.19. The molecule has 0 saturated heterocycles. The molecule has 0 saturated carbocycles. The molecular weight excluding hydrogens is 207 g/mol. The number of pyridine rings is 2. The fourth-order valence-electron chi connectivity index (χ4n) is 1.65. The summed E-state index contributed by atoms with van der Waals surface area (Å²) in [5.74, 6) is -0.0241. The Bertz CT molecular complexity index is 560. The first-order valence-corrected chi connectivity index (χ1v) is 5.19. The number of rotatable bonds is 1. The lowest BCUT2D eigenvalue weighted by atomic mass is 10.0. The van der Waals surface area contributed by atoms with Crippen LogP contribution in [0.2, 0.25) is 0 Å². The summed E-state index contributed by atoms with van der Waals surface area (Å²) >= 11 is 0. The van der Waals surface area contributed by atoms with Gasteiger partial charge in [0.1, 0.15) is 5.82 Å². The van der Waals surface area contributed by atoms with Crippen LogP contribution in [0.4, 0.5) is 4.39 Å². The van der Waals surface area contributed by atoms with Crippen molar-refractivity contribution in [1.82, 2.24) is 9.97 Å². The van der Waals surface area contributed by atoms with Crippen molar-refractivity contribution in [3.05, 3.63) is 39.6 Å². The lowest BCUT2D eigenvalue weighted by molar-refractivity contribution is 0.573. The number of hydrogen-bond acceptors (Lipinski definition) is 2. The number of aromatic nitrogens is 2. The van der Waals surface area contributed by atoms with Crippen molar-refractivity contribution in [3.8, 4) is 11.4 Å². The summed E-state index contributed by atoms with van der Waals surface area (Å²) in [5.41, 5.74) is 1.65. The standard InChI is InChI=1S/C12H13FN2O/c1-6(2)9-5-8-4-7(3)10(13)14-11(8)15-12(9)16/h4-6H,1-3H3,(H,14,15,16). The molecule has 0 unspecified atom stereocenters. The average Bonchev–Trinajstić information content (AvgIpc) is 2.19. The summed E-state index contributed by atoms with van der Waals surface area (Å²) in [4.78, 5) is 18.0. The number of aryl methyl sites for hydroxylation is 1. The van der Waals surface area contributed by atoms with E-state index in [1.54, 1.807) is 19.1 Å². The van der Waals surface area contributed by atoms with Crippen molar-refractivity contribution in [2.24, 2.45) is 0 Å². The van der Waals surface area contributed by atoms with Crippen molar-refractivity contribution in [2.75, 3.05) is 0 Å². The molecule has 3 nitrogen and oxygen atoms in total. The van der Waals surface area contributed by atoms with Crippen LogP contribution in [0.5, 0.6) is 0 Å². The SMILES string of the molecule is Cc1cc2cc(C(C)C)c(=O)nc-2[nH]c1F. The zero-order valence-electron chi connectivity index (χ0n) is 9.47. The molecule has 0 aromatic carbocycles. The van der Waals surface area contributed by atoms with Gasteiger partial charge in [0.2, 0.25) is 0 Å². The number of nitrogens with zero attached hydrogens (tertiary/aromatic N) is 1. The summed E-state index contributed by atoms with van der Waals surface area (Å²) < 4.78 is 13.2. The smallest absolute Gasteiger partial charge is 0.275 e. The first kappa shape index (κ1) is 10.8. The lowest BCUT2D eigenvalue weighted by Gasteiger charge is -2.10. The van der Waals surface area contributed by atoms with E-state index in [1.165, 1.54) is 0 Å². The minimum absolute atomic E-state index is 0.120. The number of halogens is 1. The van der Waals surface area contributed by atoms with E-state index in [1.807, 2.05) is 13.8 Å².